The van der Waals surface area contributed by atoms with Crippen LogP contribution in [0.15, 0.2) is 6.20 Å². The van der Waals surface area contributed by atoms with Gasteiger partial charge in [-0.3, -0.25) is 0 Å². The summed E-state index contributed by atoms with van der Waals surface area (Å²) in [5.41, 5.74) is 0. The lowest BCUT2D eigenvalue weighted by atomic mass is 9.96. The average Bonchev–Trinajstić information content (AvgIpc) is 2.68. The van der Waals surface area contributed by atoms with Crippen LogP contribution in [0.3, 0.4) is 0 Å². The normalized spacial score (nSPS) is 17.6. The van der Waals surface area contributed by atoms with Crippen LogP contribution < -0.4 is 5.32 Å². The summed E-state index contributed by atoms with van der Waals surface area (Å²) in [5, 5.41) is 13.6. The standard InChI is InChI=1S/C9H14N4O2/c14-13(15)8-6-10-9(12-8)11-7-4-2-1-3-5-7/h6-7H,1-5H2,(H2,10,11,12). The maximum atomic E-state index is 10.4. The molecule has 0 radical (unpaired) electrons. The Bertz CT molecular complexity index is 344. The number of anilines is 1. The van der Waals surface area contributed by atoms with Crippen molar-refractivity contribution in [1.29, 1.82) is 0 Å². The molecule has 82 valence electrons. The molecule has 0 amide bonds. The van der Waals surface area contributed by atoms with E-state index >= 15 is 0 Å². The summed E-state index contributed by atoms with van der Waals surface area (Å²) < 4.78 is 0. The van der Waals surface area contributed by atoms with E-state index in [2.05, 4.69) is 15.3 Å². The predicted molar refractivity (Wildman–Crippen MR) is 55.7 cm³/mol. The van der Waals surface area contributed by atoms with E-state index in [-0.39, 0.29) is 5.82 Å². The molecule has 1 fully saturated rings. The van der Waals surface area contributed by atoms with Gasteiger partial charge in [-0.25, -0.2) is 4.98 Å². The molecule has 0 spiro atoms. The van der Waals surface area contributed by atoms with Gasteiger partial charge in [-0.1, -0.05) is 19.3 Å². The summed E-state index contributed by atoms with van der Waals surface area (Å²) in [6.07, 6.45) is 7.21. The third kappa shape index (κ3) is 2.45. The number of nitrogens with zero attached hydrogens (tertiary/aromatic N) is 2. The SMILES string of the molecule is O=[N+]([O-])c1cnc(NC2CCCCC2)[nH]1. The van der Waals surface area contributed by atoms with Crippen molar-refractivity contribution in [3.63, 3.8) is 0 Å². The van der Waals surface area contributed by atoms with Crippen molar-refractivity contribution in [2.75, 3.05) is 5.32 Å². The molecule has 0 unspecified atom stereocenters. The van der Waals surface area contributed by atoms with Gasteiger partial charge >= 0.3 is 5.82 Å². The van der Waals surface area contributed by atoms with Gasteiger partial charge in [-0.05, 0) is 17.8 Å². The highest BCUT2D eigenvalue weighted by atomic mass is 16.6. The van der Waals surface area contributed by atoms with Gasteiger partial charge in [0.05, 0.1) is 0 Å². The molecule has 1 aromatic heterocycles. The van der Waals surface area contributed by atoms with Crippen LogP contribution in [0, 0.1) is 10.1 Å². The van der Waals surface area contributed by atoms with E-state index in [0.717, 1.165) is 12.8 Å². The zero-order valence-corrected chi connectivity index (χ0v) is 8.40. The monoisotopic (exact) mass is 210 g/mol. The maximum absolute atomic E-state index is 10.4. The minimum atomic E-state index is -0.473. The van der Waals surface area contributed by atoms with Crippen LogP contribution in [0.25, 0.3) is 0 Å². The summed E-state index contributed by atoms with van der Waals surface area (Å²) in [6.45, 7) is 0. The Morgan fingerprint density at radius 2 is 2.20 bits per heavy atom. The lowest BCUT2D eigenvalue weighted by Crippen LogP contribution is -2.22. The molecular weight excluding hydrogens is 196 g/mol. The zero-order valence-electron chi connectivity index (χ0n) is 8.40. The van der Waals surface area contributed by atoms with Crippen molar-refractivity contribution >= 4 is 11.8 Å². The highest BCUT2D eigenvalue weighted by Crippen LogP contribution is 2.21. The van der Waals surface area contributed by atoms with Gasteiger partial charge in [0.2, 0.25) is 0 Å². The van der Waals surface area contributed by atoms with Crippen molar-refractivity contribution in [3.8, 4) is 0 Å². The number of aromatic amines is 1. The number of aromatic nitrogens is 2. The van der Waals surface area contributed by atoms with Gasteiger partial charge in [0.1, 0.15) is 6.20 Å². The number of nitro groups is 1. The first-order valence-corrected chi connectivity index (χ1v) is 5.21. The lowest BCUT2D eigenvalue weighted by molar-refractivity contribution is -0.389. The van der Waals surface area contributed by atoms with Crippen molar-refractivity contribution < 1.29 is 4.92 Å². The van der Waals surface area contributed by atoms with E-state index < -0.39 is 4.92 Å². The summed E-state index contributed by atoms with van der Waals surface area (Å²) in [7, 11) is 0. The topological polar surface area (TPSA) is 83.8 Å². The average molecular weight is 210 g/mol. The van der Waals surface area contributed by atoms with E-state index in [1.807, 2.05) is 0 Å². The van der Waals surface area contributed by atoms with Crippen molar-refractivity contribution in [3.05, 3.63) is 16.3 Å². The molecule has 1 saturated carbocycles. The molecule has 0 bridgehead atoms. The van der Waals surface area contributed by atoms with E-state index in [1.54, 1.807) is 0 Å². The van der Waals surface area contributed by atoms with E-state index in [4.69, 9.17) is 0 Å². The van der Waals surface area contributed by atoms with Gasteiger partial charge in [-0.15, -0.1) is 0 Å². The van der Waals surface area contributed by atoms with Crippen LogP contribution in [0.2, 0.25) is 0 Å². The molecule has 1 aliphatic carbocycles. The molecule has 0 aliphatic heterocycles. The Labute approximate surface area is 87.2 Å². The fourth-order valence-electron chi connectivity index (χ4n) is 1.92. The Morgan fingerprint density at radius 1 is 1.47 bits per heavy atom. The second kappa shape index (κ2) is 4.29. The van der Waals surface area contributed by atoms with Gasteiger partial charge in [0.25, 0.3) is 5.95 Å². The van der Waals surface area contributed by atoms with Crippen LogP contribution in [-0.2, 0) is 0 Å². The Balaban J connectivity index is 1.94. The summed E-state index contributed by atoms with van der Waals surface area (Å²) >= 11 is 0. The Kier molecular flexibility index (Phi) is 2.84. The molecule has 6 nitrogen and oxygen atoms in total. The van der Waals surface area contributed by atoms with Crippen LogP contribution in [0.4, 0.5) is 11.8 Å². The molecule has 1 aromatic rings. The summed E-state index contributed by atoms with van der Waals surface area (Å²) in [6, 6.07) is 0.407. The second-order valence-corrected chi connectivity index (χ2v) is 3.85. The summed E-state index contributed by atoms with van der Waals surface area (Å²) in [5.74, 6) is 0.446. The molecule has 2 N–H and O–H groups in total. The van der Waals surface area contributed by atoms with Crippen LogP contribution in [-0.4, -0.2) is 20.9 Å². The number of hydrogen-bond acceptors (Lipinski definition) is 4. The van der Waals surface area contributed by atoms with Crippen molar-refractivity contribution in [2.45, 2.75) is 38.1 Å². The molecular formula is C9H14N4O2. The molecule has 6 heteroatoms. The van der Waals surface area contributed by atoms with Crippen molar-refractivity contribution in [2.24, 2.45) is 0 Å². The highest BCUT2D eigenvalue weighted by molar-refractivity contribution is 5.33. The second-order valence-electron chi connectivity index (χ2n) is 3.85. The minimum absolute atomic E-state index is 0.0618. The summed E-state index contributed by atoms with van der Waals surface area (Å²) in [4.78, 5) is 16.5. The molecule has 15 heavy (non-hydrogen) atoms. The Hall–Kier alpha value is -1.59. The maximum Gasteiger partial charge on any atom is 0.342 e. The number of nitrogens with one attached hydrogen (secondary N) is 2. The molecule has 2 rings (SSSR count). The molecule has 0 saturated heterocycles. The largest absolute Gasteiger partial charge is 0.358 e. The van der Waals surface area contributed by atoms with E-state index in [1.165, 1.54) is 25.5 Å². The van der Waals surface area contributed by atoms with E-state index in [0.29, 0.717) is 12.0 Å². The first-order valence-electron chi connectivity index (χ1n) is 5.21. The smallest absolute Gasteiger partial charge is 0.342 e. The number of imidazole rings is 1. The first kappa shape index (κ1) is 9.95. The van der Waals surface area contributed by atoms with Gasteiger partial charge in [0, 0.05) is 6.04 Å². The quantitative estimate of drug-likeness (QED) is 0.590. The fourth-order valence-corrected chi connectivity index (χ4v) is 1.92. The highest BCUT2D eigenvalue weighted by Gasteiger charge is 2.16. The van der Waals surface area contributed by atoms with Crippen molar-refractivity contribution in [1.82, 2.24) is 9.97 Å². The first-order chi connectivity index (χ1) is 7.25. The van der Waals surface area contributed by atoms with E-state index in [9.17, 15) is 10.1 Å². The molecule has 0 aromatic carbocycles. The number of H-pyrrole nitrogens is 1. The molecule has 0 atom stereocenters. The fraction of sp³-hybridized carbons (Fsp3) is 0.667. The van der Waals surface area contributed by atoms with Crippen LogP contribution >= 0.6 is 0 Å². The number of rotatable bonds is 3. The molecule has 1 heterocycles. The molecule has 1 aliphatic rings. The Morgan fingerprint density at radius 3 is 2.80 bits per heavy atom. The number of hydrogen-bond donors (Lipinski definition) is 2. The van der Waals surface area contributed by atoms with Crippen LogP contribution in [0.1, 0.15) is 32.1 Å². The van der Waals surface area contributed by atoms with Crippen LogP contribution in [0.5, 0.6) is 0 Å². The lowest BCUT2D eigenvalue weighted by Gasteiger charge is -2.21. The third-order valence-corrected chi connectivity index (χ3v) is 2.71. The predicted octanol–water partition coefficient (Wildman–Crippen LogP) is 2.06. The van der Waals surface area contributed by atoms with Gasteiger partial charge < -0.3 is 15.4 Å². The third-order valence-electron chi connectivity index (χ3n) is 2.71. The van der Waals surface area contributed by atoms with Gasteiger partial charge in [0.15, 0.2) is 0 Å². The minimum Gasteiger partial charge on any atom is -0.358 e. The zero-order chi connectivity index (χ0) is 10.7. The van der Waals surface area contributed by atoms with Gasteiger partial charge in [-0.2, -0.15) is 4.98 Å².